The molecule has 1 heterocycles. The van der Waals surface area contributed by atoms with Crippen LogP contribution in [-0.2, 0) is 10.0 Å². The van der Waals surface area contributed by atoms with E-state index < -0.39 is 10.0 Å². The average molecular weight is 270 g/mol. The Morgan fingerprint density at radius 1 is 1.28 bits per heavy atom. The summed E-state index contributed by atoms with van der Waals surface area (Å²) in [6, 6.07) is 3.23. The minimum Gasteiger partial charge on any atom is -0.321 e. The maximum absolute atomic E-state index is 12.2. The molecule has 18 heavy (non-hydrogen) atoms. The lowest BCUT2D eigenvalue weighted by atomic mass is 9.96. The van der Waals surface area contributed by atoms with Gasteiger partial charge in [-0.25, -0.2) is 18.1 Å². The first-order valence-electron chi connectivity index (χ1n) is 6.07. The van der Waals surface area contributed by atoms with Gasteiger partial charge in [-0.15, -0.1) is 0 Å². The summed E-state index contributed by atoms with van der Waals surface area (Å²) in [7, 11) is -3.61. The first-order valence-corrected chi connectivity index (χ1v) is 7.56. The van der Waals surface area contributed by atoms with E-state index in [2.05, 4.69) is 15.1 Å². The molecule has 1 fully saturated rings. The molecule has 2 rings (SSSR count). The second-order valence-electron chi connectivity index (χ2n) is 4.46. The summed E-state index contributed by atoms with van der Waals surface area (Å²) in [5.74, 6) is 5.30. The predicted molar refractivity (Wildman–Crippen MR) is 69.2 cm³/mol. The highest BCUT2D eigenvalue weighted by Gasteiger charge is 2.24. The molecule has 0 saturated heterocycles. The van der Waals surface area contributed by atoms with Gasteiger partial charge in [0.15, 0.2) is 5.03 Å². The zero-order chi connectivity index (χ0) is 13.0. The van der Waals surface area contributed by atoms with E-state index in [0.717, 1.165) is 25.7 Å². The van der Waals surface area contributed by atoms with Crippen LogP contribution in [0, 0.1) is 0 Å². The Bertz CT molecular complexity index is 498. The van der Waals surface area contributed by atoms with Crippen molar-refractivity contribution in [3.8, 4) is 0 Å². The van der Waals surface area contributed by atoms with E-state index in [1.165, 1.54) is 12.6 Å². The van der Waals surface area contributed by atoms with E-state index in [9.17, 15) is 8.42 Å². The van der Waals surface area contributed by atoms with E-state index in [0.29, 0.717) is 5.69 Å². The van der Waals surface area contributed by atoms with Gasteiger partial charge in [0.1, 0.15) is 0 Å². The van der Waals surface area contributed by atoms with E-state index >= 15 is 0 Å². The van der Waals surface area contributed by atoms with Crippen LogP contribution in [0.5, 0.6) is 0 Å². The lowest BCUT2D eigenvalue weighted by Crippen LogP contribution is -2.37. The zero-order valence-corrected chi connectivity index (χ0v) is 10.9. The third kappa shape index (κ3) is 2.98. The van der Waals surface area contributed by atoms with Crippen LogP contribution >= 0.6 is 0 Å². The third-order valence-electron chi connectivity index (χ3n) is 3.11. The quantitative estimate of drug-likeness (QED) is 0.559. The normalized spacial score (nSPS) is 17.6. The Balaban J connectivity index is 2.19. The molecule has 1 aliphatic carbocycles. The number of hydrazine groups is 1. The Morgan fingerprint density at radius 2 is 2.00 bits per heavy atom. The topological polar surface area (TPSA) is 97.1 Å². The van der Waals surface area contributed by atoms with Crippen LogP contribution in [0.3, 0.4) is 0 Å². The Hall–Kier alpha value is -1.18. The van der Waals surface area contributed by atoms with Gasteiger partial charge in [-0.2, -0.15) is 0 Å². The van der Waals surface area contributed by atoms with E-state index in [-0.39, 0.29) is 11.1 Å². The second kappa shape index (κ2) is 5.64. The molecule has 7 heteroatoms. The van der Waals surface area contributed by atoms with Gasteiger partial charge in [0.25, 0.3) is 10.0 Å². The number of nitrogens with one attached hydrogen (secondary N) is 2. The monoisotopic (exact) mass is 270 g/mol. The molecule has 1 saturated carbocycles. The van der Waals surface area contributed by atoms with Crippen LogP contribution in [0.15, 0.2) is 23.4 Å². The minimum absolute atomic E-state index is 0.0105. The first-order chi connectivity index (χ1) is 8.63. The van der Waals surface area contributed by atoms with E-state index in [1.807, 2.05) is 0 Å². The third-order valence-corrected chi connectivity index (χ3v) is 4.59. The molecule has 0 atom stereocenters. The van der Waals surface area contributed by atoms with Crippen LogP contribution in [0.4, 0.5) is 5.69 Å². The lowest BCUT2D eigenvalue weighted by Gasteiger charge is -2.22. The van der Waals surface area contributed by atoms with E-state index in [1.54, 1.807) is 12.1 Å². The van der Waals surface area contributed by atoms with E-state index in [4.69, 9.17) is 5.84 Å². The zero-order valence-electron chi connectivity index (χ0n) is 10.1. The number of nitrogen functional groups attached to an aromatic ring is 1. The Labute approximate surface area is 107 Å². The summed E-state index contributed by atoms with van der Waals surface area (Å²) in [4.78, 5) is 3.89. The molecule has 0 aromatic carbocycles. The number of hydrogen-bond acceptors (Lipinski definition) is 5. The van der Waals surface area contributed by atoms with Gasteiger partial charge >= 0.3 is 0 Å². The van der Waals surface area contributed by atoms with Crippen molar-refractivity contribution in [3.63, 3.8) is 0 Å². The molecule has 0 amide bonds. The van der Waals surface area contributed by atoms with Gasteiger partial charge < -0.3 is 5.43 Å². The average Bonchev–Trinajstić information content (AvgIpc) is 2.39. The highest BCUT2D eigenvalue weighted by molar-refractivity contribution is 7.89. The van der Waals surface area contributed by atoms with Crippen LogP contribution in [0.25, 0.3) is 0 Å². The number of pyridine rings is 1. The molecule has 4 N–H and O–H groups in total. The minimum atomic E-state index is -3.61. The number of nitrogens with zero attached hydrogens (tertiary/aromatic N) is 1. The van der Waals surface area contributed by atoms with Gasteiger partial charge in [0.2, 0.25) is 0 Å². The molecule has 0 radical (unpaired) electrons. The number of sulfonamides is 1. The van der Waals surface area contributed by atoms with Gasteiger partial charge in [-0.3, -0.25) is 5.84 Å². The molecule has 0 unspecified atom stereocenters. The molecule has 1 aromatic rings. The molecular weight excluding hydrogens is 252 g/mol. The molecule has 0 spiro atoms. The molecule has 0 aliphatic heterocycles. The van der Waals surface area contributed by atoms with Crippen molar-refractivity contribution in [3.05, 3.63) is 18.3 Å². The summed E-state index contributed by atoms with van der Waals surface area (Å²) < 4.78 is 27.1. The SMILES string of the molecule is NNc1cccnc1S(=O)(=O)NC1CCCCC1. The maximum Gasteiger partial charge on any atom is 0.260 e. The fourth-order valence-electron chi connectivity index (χ4n) is 2.21. The number of hydrogen-bond donors (Lipinski definition) is 3. The fourth-order valence-corrected chi connectivity index (χ4v) is 3.61. The molecular formula is C11H18N4O2S. The largest absolute Gasteiger partial charge is 0.321 e. The molecule has 1 aromatic heterocycles. The molecule has 0 bridgehead atoms. The summed E-state index contributed by atoms with van der Waals surface area (Å²) in [5.41, 5.74) is 2.66. The second-order valence-corrected chi connectivity index (χ2v) is 6.09. The van der Waals surface area contributed by atoms with Crippen molar-refractivity contribution in [2.24, 2.45) is 5.84 Å². The molecule has 1 aliphatic rings. The van der Waals surface area contributed by atoms with Crippen molar-refractivity contribution in [2.75, 3.05) is 5.43 Å². The van der Waals surface area contributed by atoms with Crippen molar-refractivity contribution < 1.29 is 8.42 Å². The highest BCUT2D eigenvalue weighted by Crippen LogP contribution is 2.21. The van der Waals surface area contributed by atoms with Crippen molar-refractivity contribution >= 4 is 15.7 Å². The number of rotatable bonds is 4. The molecule has 100 valence electrons. The number of aromatic nitrogens is 1. The van der Waals surface area contributed by atoms with Crippen LogP contribution in [-0.4, -0.2) is 19.4 Å². The molecule has 6 nitrogen and oxygen atoms in total. The van der Waals surface area contributed by atoms with Crippen molar-refractivity contribution in [1.29, 1.82) is 0 Å². The highest BCUT2D eigenvalue weighted by atomic mass is 32.2. The lowest BCUT2D eigenvalue weighted by molar-refractivity contribution is 0.411. The van der Waals surface area contributed by atoms with Gasteiger partial charge in [-0.1, -0.05) is 19.3 Å². The number of anilines is 1. The van der Waals surface area contributed by atoms with Gasteiger partial charge in [0, 0.05) is 12.2 Å². The van der Waals surface area contributed by atoms with Crippen molar-refractivity contribution in [1.82, 2.24) is 9.71 Å². The van der Waals surface area contributed by atoms with Crippen molar-refractivity contribution in [2.45, 2.75) is 43.2 Å². The Morgan fingerprint density at radius 3 is 2.67 bits per heavy atom. The van der Waals surface area contributed by atoms with Gasteiger partial charge in [0.05, 0.1) is 5.69 Å². The van der Waals surface area contributed by atoms with Crippen LogP contribution < -0.4 is 16.0 Å². The smallest absolute Gasteiger partial charge is 0.260 e. The summed E-state index contributed by atoms with van der Waals surface area (Å²) in [6.07, 6.45) is 6.53. The predicted octanol–water partition coefficient (Wildman–Crippen LogP) is 0.978. The number of nitrogens with two attached hydrogens (primary N) is 1. The standard InChI is InChI=1S/C11H18N4O2S/c12-14-10-7-4-8-13-11(10)18(16,17)15-9-5-2-1-3-6-9/h4,7-9,14-15H,1-3,5-6,12H2. The van der Waals surface area contributed by atoms with Gasteiger partial charge in [-0.05, 0) is 25.0 Å². The summed E-state index contributed by atoms with van der Waals surface area (Å²) >= 11 is 0. The maximum atomic E-state index is 12.2. The summed E-state index contributed by atoms with van der Waals surface area (Å²) in [5, 5.41) is -0.0435. The Kier molecular flexibility index (Phi) is 4.15. The summed E-state index contributed by atoms with van der Waals surface area (Å²) in [6.45, 7) is 0. The fraction of sp³-hybridized carbons (Fsp3) is 0.545. The van der Waals surface area contributed by atoms with Crippen LogP contribution in [0.1, 0.15) is 32.1 Å². The first kappa shape index (κ1) is 13.3. The van der Waals surface area contributed by atoms with Crippen LogP contribution in [0.2, 0.25) is 0 Å².